The Balaban J connectivity index is 2.42. The average molecular weight is 259 g/mol. The van der Waals surface area contributed by atoms with Crippen molar-refractivity contribution in [1.82, 2.24) is 4.90 Å². The molecule has 0 amide bonds. The summed E-state index contributed by atoms with van der Waals surface area (Å²) < 4.78 is 10.4. The first-order valence-corrected chi connectivity index (χ1v) is 7.09. The molecule has 0 saturated heterocycles. The predicted octanol–water partition coefficient (Wildman–Crippen LogP) is 1.52. The number of hydrogen-bond donors (Lipinski definition) is 1. The van der Waals surface area contributed by atoms with Gasteiger partial charge in [0.05, 0.1) is 19.3 Å². The van der Waals surface area contributed by atoms with Gasteiger partial charge >= 0.3 is 0 Å². The highest BCUT2D eigenvalue weighted by Gasteiger charge is 2.26. The Morgan fingerprint density at radius 3 is 2.44 bits per heavy atom. The Hall–Kier alpha value is -0.160. The van der Waals surface area contributed by atoms with E-state index in [9.17, 15) is 5.11 Å². The molecule has 1 aliphatic carbocycles. The molecule has 0 spiro atoms. The van der Waals surface area contributed by atoms with Crippen LogP contribution < -0.4 is 0 Å². The number of aliphatic hydroxyl groups excluding tert-OH is 1. The maximum absolute atomic E-state index is 10.3. The molecule has 0 bridgehead atoms. The standard InChI is InChI=1S/C14H29NO3/c1-12(11-18-3)15(8-9-17-2)10-14(16)13-6-4-5-7-13/h12-14,16H,4-11H2,1-3H3. The molecule has 0 aromatic heterocycles. The molecule has 0 radical (unpaired) electrons. The first-order valence-electron chi connectivity index (χ1n) is 7.09. The Morgan fingerprint density at radius 2 is 1.89 bits per heavy atom. The zero-order valence-electron chi connectivity index (χ0n) is 12.1. The van der Waals surface area contributed by atoms with Crippen LogP contribution in [0.1, 0.15) is 32.6 Å². The highest BCUT2D eigenvalue weighted by molar-refractivity contribution is 4.79. The summed E-state index contributed by atoms with van der Waals surface area (Å²) in [5.41, 5.74) is 0. The van der Waals surface area contributed by atoms with Crippen molar-refractivity contribution in [1.29, 1.82) is 0 Å². The first kappa shape index (κ1) is 15.9. The van der Waals surface area contributed by atoms with Crippen molar-refractivity contribution in [3.63, 3.8) is 0 Å². The molecule has 0 heterocycles. The Labute approximate surface area is 111 Å². The summed E-state index contributed by atoms with van der Waals surface area (Å²) in [6, 6.07) is 0.321. The van der Waals surface area contributed by atoms with Crippen molar-refractivity contribution in [2.75, 3.05) is 40.5 Å². The zero-order valence-corrected chi connectivity index (χ0v) is 12.1. The molecule has 1 saturated carbocycles. The molecule has 1 N–H and O–H groups in total. The maximum atomic E-state index is 10.3. The molecular weight excluding hydrogens is 230 g/mol. The predicted molar refractivity (Wildman–Crippen MR) is 72.8 cm³/mol. The van der Waals surface area contributed by atoms with E-state index >= 15 is 0 Å². The van der Waals surface area contributed by atoms with Crippen LogP contribution in [0.15, 0.2) is 0 Å². The third kappa shape index (κ3) is 5.22. The van der Waals surface area contributed by atoms with Gasteiger partial charge in [-0.2, -0.15) is 0 Å². The van der Waals surface area contributed by atoms with E-state index in [1.807, 2.05) is 0 Å². The Kier molecular flexibility index (Phi) is 7.82. The maximum Gasteiger partial charge on any atom is 0.0695 e. The Morgan fingerprint density at radius 1 is 1.22 bits per heavy atom. The van der Waals surface area contributed by atoms with Gasteiger partial charge in [0.25, 0.3) is 0 Å². The Bertz CT molecular complexity index is 207. The topological polar surface area (TPSA) is 41.9 Å². The lowest BCUT2D eigenvalue weighted by Crippen LogP contribution is -2.44. The van der Waals surface area contributed by atoms with E-state index in [0.29, 0.717) is 25.2 Å². The number of nitrogens with zero attached hydrogens (tertiary/aromatic N) is 1. The quantitative estimate of drug-likeness (QED) is 0.682. The van der Waals surface area contributed by atoms with Crippen molar-refractivity contribution < 1.29 is 14.6 Å². The number of methoxy groups -OCH3 is 2. The molecular formula is C14H29NO3. The third-order valence-corrected chi connectivity index (χ3v) is 3.98. The lowest BCUT2D eigenvalue weighted by molar-refractivity contribution is 0.0189. The van der Waals surface area contributed by atoms with Gasteiger partial charge in [0.15, 0.2) is 0 Å². The molecule has 2 unspecified atom stereocenters. The van der Waals surface area contributed by atoms with Gasteiger partial charge in [-0.3, -0.25) is 4.90 Å². The summed E-state index contributed by atoms with van der Waals surface area (Å²) >= 11 is 0. The van der Waals surface area contributed by atoms with Crippen molar-refractivity contribution in [3.05, 3.63) is 0 Å². The van der Waals surface area contributed by atoms with Gasteiger partial charge in [-0.05, 0) is 25.7 Å². The van der Waals surface area contributed by atoms with Crippen molar-refractivity contribution >= 4 is 0 Å². The summed E-state index contributed by atoms with van der Waals surface area (Å²) in [5.74, 6) is 0.491. The molecule has 0 aromatic rings. The normalized spacial score (nSPS) is 20.5. The number of rotatable bonds is 9. The van der Waals surface area contributed by atoms with E-state index in [0.717, 1.165) is 13.1 Å². The van der Waals surface area contributed by atoms with Crippen molar-refractivity contribution in [3.8, 4) is 0 Å². The van der Waals surface area contributed by atoms with Crippen LogP contribution in [0.4, 0.5) is 0 Å². The second kappa shape index (κ2) is 8.86. The summed E-state index contributed by atoms with van der Waals surface area (Å²) in [4.78, 5) is 2.27. The monoisotopic (exact) mass is 259 g/mol. The van der Waals surface area contributed by atoms with Crippen LogP contribution in [0.3, 0.4) is 0 Å². The molecule has 1 fully saturated rings. The largest absolute Gasteiger partial charge is 0.392 e. The molecule has 4 heteroatoms. The van der Waals surface area contributed by atoms with Crippen LogP contribution in [-0.2, 0) is 9.47 Å². The van der Waals surface area contributed by atoms with E-state index in [4.69, 9.17) is 9.47 Å². The van der Waals surface area contributed by atoms with Gasteiger partial charge in [0, 0.05) is 33.4 Å². The van der Waals surface area contributed by atoms with Crippen LogP contribution in [0.2, 0.25) is 0 Å². The molecule has 0 aromatic carbocycles. The fraction of sp³-hybridized carbons (Fsp3) is 1.00. The highest BCUT2D eigenvalue weighted by atomic mass is 16.5. The second-order valence-electron chi connectivity index (χ2n) is 5.40. The van der Waals surface area contributed by atoms with Crippen molar-refractivity contribution in [2.45, 2.75) is 44.8 Å². The van der Waals surface area contributed by atoms with Gasteiger partial charge in [-0.1, -0.05) is 12.8 Å². The van der Waals surface area contributed by atoms with E-state index in [1.165, 1.54) is 25.7 Å². The molecule has 18 heavy (non-hydrogen) atoms. The molecule has 1 rings (SSSR count). The van der Waals surface area contributed by atoms with Crippen LogP contribution in [-0.4, -0.2) is 62.7 Å². The van der Waals surface area contributed by atoms with Crippen LogP contribution in [0.25, 0.3) is 0 Å². The SMILES string of the molecule is COCCN(CC(O)C1CCCC1)C(C)COC. The number of ether oxygens (including phenoxy) is 2. The van der Waals surface area contributed by atoms with E-state index in [2.05, 4.69) is 11.8 Å². The fourth-order valence-corrected chi connectivity index (χ4v) is 2.78. The van der Waals surface area contributed by atoms with Crippen LogP contribution >= 0.6 is 0 Å². The lowest BCUT2D eigenvalue weighted by atomic mass is 10.00. The molecule has 0 aliphatic heterocycles. The first-order chi connectivity index (χ1) is 8.69. The van der Waals surface area contributed by atoms with E-state index in [-0.39, 0.29) is 6.10 Å². The summed E-state index contributed by atoms with van der Waals surface area (Å²) in [5, 5.41) is 10.3. The van der Waals surface area contributed by atoms with Gasteiger partial charge in [-0.25, -0.2) is 0 Å². The van der Waals surface area contributed by atoms with Gasteiger partial charge < -0.3 is 14.6 Å². The van der Waals surface area contributed by atoms with Gasteiger partial charge in [-0.15, -0.1) is 0 Å². The smallest absolute Gasteiger partial charge is 0.0695 e. The van der Waals surface area contributed by atoms with Crippen LogP contribution in [0.5, 0.6) is 0 Å². The van der Waals surface area contributed by atoms with Crippen molar-refractivity contribution in [2.24, 2.45) is 5.92 Å². The lowest BCUT2D eigenvalue weighted by Gasteiger charge is -2.32. The highest BCUT2D eigenvalue weighted by Crippen LogP contribution is 2.28. The number of aliphatic hydroxyl groups is 1. The summed E-state index contributed by atoms with van der Waals surface area (Å²) in [6.45, 7) is 5.12. The van der Waals surface area contributed by atoms with Gasteiger partial charge in [0.2, 0.25) is 0 Å². The zero-order chi connectivity index (χ0) is 13.4. The minimum atomic E-state index is -0.205. The summed E-state index contributed by atoms with van der Waals surface area (Å²) in [6.07, 6.45) is 4.69. The molecule has 1 aliphatic rings. The second-order valence-corrected chi connectivity index (χ2v) is 5.40. The minimum Gasteiger partial charge on any atom is -0.392 e. The third-order valence-electron chi connectivity index (χ3n) is 3.98. The summed E-state index contributed by atoms with van der Waals surface area (Å²) in [7, 11) is 3.44. The molecule has 2 atom stereocenters. The fourth-order valence-electron chi connectivity index (χ4n) is 2.78. The van der Waals surface area contributed by atoms with Gasteiger partial charge in [0.1, 0.15) is 0 Å². The minimum absolute atomic E-state index is 0.205. The van der Waals surface area contributed by atoms with Crippen LogP contribution in [0, 0.1) is 5.92 Å². The molecule has 108 valence electrons. The van der Waals surface area contributed by atoms with E-state index in [1.54, 1.807) is 14.2 Å². The molecule has 4 nitrogen and oxygen atoms in total. The number of hydrogen-bond acceptors (Lipinski definition) is 4. The van der Waals surface area contributed by atoms with E-state index < -0.39 is 0 Å². The average Bonchev–Trinajstić information content (AvgIpc) is 2.88.